The van der Waals surface area contributed by atoms with Crippen molar-refractivity contribution in [1.82, 2.24) is 10.0 Å². The number of amides is 1. The summed E-state index contributed by atoms with van der Waals surface area (Å²) in [5.74, 6) is 0.441. The molecular weight excluding hydrogens is 432 g/mol. The van der Waals surface area contributed by atoms with E-state index in [4.69, 9.17) is 4.74 Å². The van der Waals surface area contributed by atoms with E-state index in [1.165, 1.54) is 12.1 Å². The molecule has 1 heterocycles. The zero-order valence-electron chi connectivity index (χ0n) is 14.4. The Kier molecular flexibility index (Phi) is 4.96. The number of hydrogen-bond donors (Lipinski definition) is 2. The van der Waals surface area contributed by atoms with Gasteiger partial charge in [0.05, 0.1) is 17.5 Å². The molecule has 0 spiro atoms. The van der Waals surface area contributed by atoms with E-state index in [1.807, 2.05) is 18.2 Å². The van der Waals surface area contributed by atoms with Crippen molar-refractivity contribution in [2.45, 2.75) is 36.2 Å². The first kappa shape index (κ1) is 18.5. The fourth-order valence-corrected chi connectivity index (χ4v) is 4.78. The summed E-state index contributed by atoms with van der Waals surface area (Å²) < 4.78 is 34.0. The van der Waals surface area contributed by atoms with Crippen molar-refractivity contribution in [3.05, 3.63) is 58.1 Å². The van der Waals surface area contributed by atoms with Crippen molar-refractivity contribution in [1.29, 1.82) is 0 Å². The fourth-order valence-electron chi connectivity index (χ4n) is 3.05. The first-order valence-electron chi connectivity index (χ1n) is 8.78. The highest BCUT2D eigenvalue weighted by molar-refractivity contribution is 9.10. The van der Waals surface area contributed by atoms with Crippen LogP contribution < -0.4 is 14.8 Å². The molecule has 1 unspecified atom stereocenters. The van der Waals surface area contributed by atoms with Crippen LogP contribution in [0.1, 0.15) is 41.2 Å². The van der Waals surface area contributed by atoms with Crippen molar-refractivity contribution in [3.8, 4) is 5.75 Å². The Hall–Kier alpha value is -1.90. The van der Waals surface area contributed by atoms with Crippen molar-refractivity contribution in [3.63, 3.8) is 0 Å². The topological polar surface area (TPSA) is 84.5 Å². The Labute approximate surface area is 166 Å². The van der Waals surface area contributed by atoms with Crippen LogP contribution in [0.15, 0.2) is 51.8 Å². The largest absolute Gasteiger partial charge is 0.493 e. The maximum Gasteiger partial charge on any atom is 0.251 e. The van der Waals surface area contributed by atoms with Crippen LogP contribution in [0.3, 0.4) is 0 Å². The summed E-state index contributed by atoms with van der Waals surface area (Å²) >= 11 is 3.44. The summed E-state index contributed by atoms with van der Waals surface area (Å²) in [7, 11) is -3.60. The first-order chi connectivity index (χ1) is 12.9. The van der Waals surface area contributed by atoms with E-state index < -0.39 is 10.0 Å². The Bertz CT molecular complexity index is 989. The summed E-state index contributed by atoms with van der Waals surface area (Å²) in [6.45, 7) is 0.513. The molecule has 0 bridgehead atoms. The summed E-state index contributed by atoms with van der Waals surface area (Å²) in [6.07, 6.45) is 2.37. The number of rotatable bonds is 5. The molecule has 0 saturated heterocycles. The molecule has 2 N–H and O–H groups in total. The van der Waals surface area contributed by atoms with Gasteiger partial charge in [-0.3, -0.25) is 4.79 Å². The molecule has 1 atom stereocenters. The van der Waals surface area contributed by atoms with Gasteiger partial charge >= 0.3 is 0 Å². The molecule has 4 rings (SSSR count). The molecule has 142 valence electrons. The zero-order chi connectivity index (χ0) is 19.0. The summed E-state index contributed by atoms with van der Waals surface area (Å²) in [4.78, 5) is 12.9. The van der Waals surface area contributed by atoms with Crippen LogP contribution in [0, 0.1) is 0 Å². The van der Waals surface area contributed by atoms with Crippen LogP contribution in [0.2, 0.25) is 0 Å². The molecule has 1 aliphatic carbocycles. The van der Waals surface area contributed by atoms with Crippen LogP contribution >= 0.6 is 15.9 Å². The van der Waals surface area contributed by atoms with Gasteiger partial charge in [0.1, 0.15) is 5.75 Å². The number of nitrogens with one attached hydrogen (secondary N) is 2. The molecule has 1 fully saturated rings. The zero-order valence-corrected chi connectivity index (χ0v) is 16.8. The molecule has 6 nitrogen and oxygen atoms in total. The third-order valence-electron chi connectivity index (χ3n) is 4.62. The number of hydrogen-bond acceptors (Lipinski definition) is 4. The molecule has 27 heavy (non-hydrogen) atoms. The van der Waals surface area contributed by atoms with Crippen molar-refractivity contribution in [2.24, 2.45) is 0 Å². The lowest BCUT2D eigenvalue weighted by Crippen LogP contribution is -2.32. The molecule has 1 saturated carbocycles. The van der Waals surface area contributed by atoms with Crippen LogP contribution in [0.25, 0.3) is 0 Å². The lowest BCUT2D eigenvalue weighted by Gasteiger charge is -2.27. The molecule has 2 aromatic carbocycles. The second-order valence-corrected chi connectivity index (χ2v) is 9.40. The second kappa shape index (κ2) is 7.26. The Balaban J connectivity index is 1.54. The molecule has 1 aliphatic heterocycles. The molecule has 2 aliphatic rings. The van der Waals surface area contributed by atoms with Crippen molar-refractivity contribution >= 4 is 31.9 Å². The Morgan fingerprint density at radius 2 is 1.93 bits per heavy atom. The van der Waals surface area contributed by atoms with Crippen molar-refractivity contribution in [2.75, 3.05) is 6.61 Å². The normalized spacial score (nSPS) is 19.1. The van der Waals surface area contributed by atoms with E-state index in [-0.39, 0.29) is 22.9 Å². The number of halogens is 1. The number of benzene rings is 2. The van der Waals surface area contributed by atoms with Gasteiger partial charge in [0.15, 0.2) is 0 Å². The summed E-state index contributed by atoms with van der Waals surface area (Å²) in [5.41, 5.74) is 1.22. The minimum atomic E-state index is -3.60. The number of carbonyl (C=O) groups excluding carboxylic acids is 1. The summed E-state index contributed by atoms with van der Waals surface area (Å²) in [6, 6.07) is 11.6. The van der Waals surface area contributed by atoms with Gasteiger partial charge in [-0.25, -0.2) is 13.1 Å². The predicted molar refractivity (Wildman–Crippen MR) is 104 cm³/mol. The number of carbonyl (C=O) groups is 1. The average molecular weight is 451 g/mol. The molecule has 0 radical (unpaired) electrons. The maximum absolute atomic E-state index is 12.7. The number of ether oxygens (including phenoxy) is 1. The van der Waals surface area contributed by atoms with E-state index in [2.05, 4.69) is 26.0 Å². The van der Waals surface area contributed by atoms with E-state index in [1.54, 1.807) is 12.1 Å². The van der Waals surface area contributed by atoms with Gasteiger partial charge in [0.25, 0.3) is 5.91 Å². The quantitative estimate of drug-likeness (QED) is 0.732. The Morgan fingerprint density at radius 1 is 1.11 bits per heavy atom. The van der Waals surface area contributed by atoms with E-state index in [0.717, 1.165) is 28.6 Å². The van der Waals surface area contributed by atoms with Crippen LogP contribution in [-0.4, -0.2) is 27.0 Å². The maximum atomic E-state index is 12.7. The minimum Gasteiger partial charge on any atom is -0.493 e. The van der Waals surface area contributed by atoms with Crippen LogP contribution in [0.5, 0.6) is 5.75 Å². The standard InChI is InChI=1S/C19H19BrN2O4S/c20-13-4-7-18-16(11-13)17(8-9-26-18)21-19(23)12-2-1-3-15(10-12)27(24,25)22-14-5-6-14/h1-4,7,10-11,14,17,22H,5-6,8-9H2,(H,21,23). The fraction of sp³-hybridized carbons (Fsp3) is 0.316. The van der Waals surface area contributed by atoms with Crippen molar-refractivity contribution < 1.29 is 17.9 Å². The smallest absolute Gasteiger partial charge is 0.251 e. The second-order valence-electron chi connectivity index (χ2n) is 6.77. The third kappa shape index (κ3) is 4.17. The van der Waals surface area contributed by atoms with E-state index in [0.29, 0.717) is 18.6 Å². The monoisotopic (exact) mass is 450 g/mol. The molecule has 1 amide bonds. The third-order valence-corrected chi connectivity index (χ3v) is 6.63. The number of fused-ring (bicyclic) bond motifs is 1. The van der Waals surface area contributed by atoms with Gasteiger partial charge in [-0.1, -0.05) is 22.0 Å². The highest BCUT2D eigenvalue weighted by Gasteiger charge is 2.29. The minimum absolute atomic E-state index is 0.0182. The van der Waals surface area contributed by atoms with Gasteiger partial charge in [-0.05, 0) is 49.2 Å². The Morgan fingerprint density at radius 3 is 2.70 bits per heavy atom. The lowest BCUT2D eigenvalue weighted by molar-refractivity contribution is 0.0924. The average Bonchev–Trinajstić information content (AvgIpc) is 3.45. The van der Waals surface area contributed by atoms with Crippen LogP contribution in [-0.2, 0) is 10.0 Å². The molecule has 8 heteroatoms. The van der Waals surface area contributed by atoms with Gasteiger partial charge in [0.2, 0.25) is 10.0 Å². The van der Waals surface area contributed by atoms with Crippen LogP contribution in [0.4, 0.5) is 0 Å². The highest BCUT2D eigenvalue weighted by Crippen LogP contribution is 2.34. The van der Waals surface area contributed by atoms with Gasteiger partial charge in [-0.2, -0.15) is 0 Å². The predicted octanol–water partition coefficient (Wildman–Crippen LogP) is 3.14. The van der Waals surface area contributed by atoms with Gasteiger partial charge < -0.3 is 10.1 Å². The number of sulfonamides is 1. The SMILES string of the molecule is O=C(NC1CCOc2ccc(Br)cc21)c1cccc(S(=O)(=O)NC2CC2)c1. The first-order valence-corrected chi connectivity index (χ1v) is 11.1. The lowest BCUT2D eigenvalue weighted by atomic mass is 10.00. The molecular formula is C19H19BrN2O4S. The van der Waals surface area contributed by atoms with Gasteiger partial charge in [0, 0.05) is 28.1 Å². The summed E-state index contributed by atoms with van der Waals surface area (Å²) in [5, 5.41) is 3.00. The molecule has 2 aromatic rings. The van der Waals surface area contributed by atoms with E-state index >= 15 is 0 Å². The van der Waals surface area contributed by atoms with E-state index in [9.17, 15) is 13.2 Å². The molecule has 0 aromatic heterocycles. The van der Waals surface area contributed by atoms with Gasteiger partial charge in [-0.15, -0.1) is 0 Å². The highest BCUT2D eigenvalue weighted by atomic mass is 79.9.